The third-order valence-electron chi connectivity index (χ3n) is 3.89. The molecule has 7 heteroatoms. The third-order valence-corrected chi connectivity index (χ3v) is 4.93. The third kappa shape index (κ3) is 4.35. The van der Waals surface area contributed by atoms with Crippen LogP contribution in [0.3, 0.4) is 0 Å². The molecule has 0 saturated carbocycles. The predicted octanol–water partition coefficient (Wildman–Crippen LogP) is 3.03. The molecule has 0 radical (unpaired) electrons. The summed E-state index contributed by atoms with van der Waals surface area (Å²) >= 11 is 1.63. The minimum Gasteiger partial charge on any atom is -0.444 e. The molecule has 2 aliphatic rings. The minimum atomic E-state index is -0.459. The van der Waals surface area contributed by atoms with E-state index in [4.69, 9.17) is 9.47 Å². The Kier molecular flexibility index (Phi) is 4.77. The Labute approximate surface area is 141 Å². The maximum absolute atomic E-state index is 12.2. The Morgan fingerprint density at radius 1 is 1.52 bits per heavy atom. The molecule has 0 spiro atoms. The van der Waals surface area contributed by atoms with Gasteiger partial charge in [-0.25, -0.2) is 9.78 Å². The number of nitrogens with zero attached hydrogens (tertiary/aromatic N) is 2. The van der Waals surface area contributed by atoms with Crippen LogP contribution in [-0.2, 0) is 22.4 Å². The van der Waals surface area contributed by atoms with Gasteiger partial charge in [0, 0.05) is 31.0 Å². The van der Waals surface area contributed by atoms with E-state index in [0.29, 0.717) is 19.2 Å². The molecule has 0 aromatic carbocycles. The van der Waals surface area contributed by atoms with Crippen molar-refractivity contribution in [2.45, 2.75) is 58.3 Å². The normalized spacial score (nSPS) is 21.2. The first-order valence-corrected chi connectivity index (χ1v) is 9.04. The van der Waals surface area contributed by atoms with Gasteiger partial charge in [-0.15, -0.1) is 0 Å². The average molecular weight is 339 g/mol. The first kappa shape index (κ1) is 16.5. The molecule has 1 amide bonds. The molecular formula is C16H25N3O3S. The number of fused-ring (bicyclic) bond motifs is 1. The van der Waals surface area contributed by atoms with Crippen molar-refractivity contribution < 1.29 is 14.3 Å². The van der Waals surface area contributed by atoms with Gasteiger partial charge in [-0.05, 0) is 33.6 Å². The molecular weight excluding hydrogens is 314 g/mol. The number of amides is 1. The first-order chi connectivity index (χ1) is 10.9. The molecule has 6 nitrogen and oxygen atoms in total. The van der Waals surface area contributed by atoms with Crippen LogP contribution in [0.4, 0.5) is 9.93 Å². The maximum Gasteiger partial charge on any atom is 0.410 e. The summed E-state index contributed by atoms with van der Waals surface area (Å²) in [5.41, 5.74) is 0.642. The average Bonchev–Trinajstić information content (AvgIpc) is 3.11. The molecule has 1 fully saturated rings. The molecule has 1 saturated heterocycles. The Morgan fingerprint density at radius 3 is 3.04 bits per heavy atom. The van der Waals surface area contributed by atoms with Crippen LogP contribution >= 0.6 is 11.3 Å². The van der Waals surface area contributed by atoms with Gasteiger partial charge in [0.1, 0.15) is 5.60 Å². The lowest BCUT2D eigenvalue weighted by Crippen LogP contribution is -2.39. The SMILES string of the molecule is CC(C)(C)OC(=O)N1CCc2nc(NCC3CCCO3)sc2C1. The minimum absolute atomic E-state index is 0.245. The molecule has 1 unspecified atom stereocenters. The van der Waals surface area contributed by atoms with Crippen molar-refractivity contribution in [3.8, 4) is 0 Å². The van der Waals surface area contributed by atoms with E-state index in [1.165, 1.54) is 0 Å². The summed E-state index contributed by atoms with van der Waals surface area (Å²) in [5, 5.41) is 4.30. The van der Waals surface area contributed by atoms with Gasteiger partial charge in [-0.2, -0.15) is 0 Å². The van der Waals surface area contributed by atoms with Crippen molar-refractivity contribution in [3.05, 3.63) is 10.6 Å². The van der Waals surface area contributed by atoms with Gasteiger partial charge in [0.05, 0.1) is 18.3 Å². The van der Waals surface area contributed by atoms with Crippen molar-refractivity contribution in [1.82, 2.24) is 9.88 Å². The number of hydrogen-bond acceptors (Lipinski definition) is 6. The van der Waals surface area contributed by atoms with Crippen LogP contribution in [0.15, 0.2) is 0 Å². The Bertz CT molecular complexity index is 561. The number of aromatic nitrogens is 1. The zero-order valence-corrected chi connectivity index (χ0v) is 14.9. The fraction of sp³-hybridized carbons (Fsp3) is 0.750. The Morgan fingerprint density at radius 2 is 2.35 bits per heavy atom. The highest BCUT2D eigenvalue weighted by Gasteiger charge is 2.28. The molecule has 2 aliphatic heterocycles. The number of anilines is 1. The highest BCUT2D eigenvalue weighted by Crippen LogP contribution is 2.29. The second-order valence-corrected chi connectivity index (χ2v) is 8.14. The number of ether oxygens (including phenoxy) is 2. The molecule has 23 heavy (non-hydrogen) atoms. The van der Waals surface area contributed by atoms with Crippen LogP contribution in [0.5, 0.6) is 0 Å². The van der Waals surface area contributed by atoms with Gasteiger partial charge >= 0.3 is 6.09 Å². The summed E-state index contributed by atoms with van der Waals surface area (Å²) in [5.74, 6) is 0. The monoisotopic (exact) mass is 339 g/mol. The zero-order chi connectivity index (χ0) is 16.4. The van der Waals surface area contributed by atoms with Crippen LogP contribution in [0.2, 0.25) is 0 Å². The van der Waals surface area contributed by atoms with E-state index in [-0.39, 0.29) is 6.09 Å². The molecule has 1 N–H and O–H groups in total. The lowest BCUT2D eigenvalue weighted by atomic mass is 10.2. The van der Waals surface area contributed by atoms with E-state index in [9.17, 15) is 4.79 Å². The van der Waals surface area contributed by atoms with Crippen LogP contribution < -0.4 is 5.32 Å². The molecule has 0 aliphatic carbocycles. The number of thiazole rings is 1. The Hall–Kier alpha value is -1.34. The second kappa shape index (κ2) is 6.65. The fourth-order valence-electron chi connectivity index (χ4n) is 2.76. The highest BCUT2D eigenvalue weighted by atomic mass is 32.1. The number of hydrogen-bond donors (Lipinski definition) is 1. The lowest BCUT2D eigenvalue weighted by Gasteiger charge is -2.29. The van der Waals surface area contributed by atoms with Crippen molar-refractivity contribution in [1.29, 1.82) is 0 Å². The molecule has 1 atom stereocenters. The van der Waals surface area contributed by atoms with E-state index in [2.05, 4.69) is 10.3 Å². The van der Waals surface area contributed by atoms with E-state index in [0.717, 1.165) is 48.1 Å². The molecule has 3 rings (SSSR count). The summed E-state index contributed by atoms with van der Waals surface area (Å²) in [6, 6.07) is 0. The molecule has 0 bridgehead atoms. The Balaban J connectivity index is 1.57. The number of rotatable bonds is 3. The molecule has 1 aromatic heterocycles. The summed E-state index contributed by atoms with van der Waals surface area (Å²) in [7, 11) is 0. The van der Waals surface area contributed by atoms with E-state index < -0.39 is 5.60 Å². The van der Waals surface area contributed by atoms with Crippen LogP contribution in [0.25, 0.3) is 0 Å². The van der Waals surface area contributed by atoms with Crippen molar-refractivity contribution in [2.75, 3.05) is 25.0 Å². The number of nitrogens with one attached hydrogen (secondary N) is 1. The largest absolute Gasteiger partial charge is 0.444 e. The smallest absolute Gasteiger partial charge is 0.410 e. The van der Waals surface area contributed by atoms with Crippen molar-refractivity contribution in [3.63, 3.8) is 0 Å². The molecule has 1 aromatic rings. The van der Waals surface area contributed by atoms with E-state index >= 15 is 0 Å². The van der Waals surface area contributed by atoms with Gasteiger partial charge in [-0.1, -0.05) is 11.3 Å². The summed E-state index contributed by atoms with van der Waals surface area (Å²) in [6.45, 7) is 8.59. The maximum atomic E-state index is 12.2. The predicted molar refractivity (Wildman–Crippen MR) is 89.9 cm³/mol. The molecule has 3 heterocycles. The number of carbonyl (C=O) groups is 1. The van der Waals surface area contributed by atoms with Crippen molar-refractivity contribution >= 4 is 22.6 Å². The highest BCUT2D eigenvalue weighted by molar-refractivity contribution is 7.15. The summed E-state index contributed by atoms with van der Waals surface area (Å²) in [4.78, 5) is 19.7. The van der Waals surface area contributed by atoms with Crippen LogP contribution in [-0.4, -0.2) is 47.4 Å². The van der Waals surface area contributed by atoms with Gasteiger partial charge in [0.15, 0.2) is 5.13 Å². The quantitative estimate of drug-likeness (QED) is 0.917. The van der Waals surface area contributed by atoms with Gasteiger partial charge in [-0.3, -0.25) is 0 Å². The van der Waals surface area contributed by atoms with Gasteiger partial charge < -0.3 is 19.7 Å². The first-order valence-electron chi connectivity index (χ1n) is 8.23. The van der Waals surface area contributed by atoms with E-state index in [1.807, 2.05) is 20.8 Å². The molecule has 128 valence electrons. The summed E-state index contributed by atoms with van der Waals surface area (Å²) < 4.78 is 11.1. The summed E-state index contributed by atoms with van der Waals surface area (Å²) in [6.07, 6.45) is 3.10. The fourth-order valence-corrected chi connectivity index (χ4v) is 3.79. The topological polar surface area (TPSA) is 63.7 Å². The van der Waals surface area contributed by atoms with Gasteiger partial charge in [0.25, 0.3) is 0 Å². The van der Waals surface area contributed by atoms with Crippen molar-refractivity contribution in [2.24, 2.45) is 0 Å². The van der Waals surface area contributed by atoms with E-state index in [1.54, 1.807) is 16.2 Å². The van der Waals surface area contributed by atoms with Gasteiger partial charge in [0.2, 0.25) is 0 Å². The van der Waals surface area contributed by atoms with Crippen LogP contribution in [0.1, 0.15) is 44.2 Å². The lowest BCUT2D eigenvalue weighted by molar-refractivity contribution is 0.0225. The number of carbonyl (C=O) groups excluding carboxylic acids is 1. The standard InChI is InChI=1S/C16H25N3O3S/c1-16(2,3)22-15(20)19-7-6-12-13(10-19)23-14(18-12)17-9-11-5-4-8-21-11/h11H,4-10H2,1-3H3,(H,17,18). The second-order valence-electron chi connectivity index (χ2n) is 7.06. The van der Waals surface area contributed by atoms with Crippen LogP contribution in [0, 0.1) is 0 Å². The zero-order valence-electron chi connectivity index (χ0n) is 14.1.